The molecule has 0 radical (unpaired) electrons. The van der Waals surface area contributed by atoms with Crippen LogP contribution in [0.15, 0.2) is 35.9 Å². The number of halogens is 2. The Morgan fingerprint density at radius 1 is 1.00 bits per heavy atom. The minimum Gasteiger partial charge on any atom is -0.205 e. The molecule has 0 aliphatic heterocycles. The molecule has 1 aliphatic rings. The van der Waals surface area contributed by atoms with Crippen LogP contribution in [-0.2, 0) is 0 Å². The zero-order chi connectivity index (χ0) is 18.8. The molecule has 0 aromatic heterocycles. The molecule has 0 amide bonds. The van der Waals surface area contributed by atoms with Gasteiger partial charge in [-0.1, -0.05) is 75.7 Å². The van der Waals surface area contributed by atoms with Crippen molar-refractivity contribution in [2.45, 2.75) is 77.0 Å². The van der Waals surface area contributed by atoms with Crippen LogP contribution in [0.2, 0.25) is 0 Å². The molecule has 0 N–H and O–H groups in total. The highest BCUT2D eigenvalue weighted by Gasteiger charge is 2.16. The Balaban J connectivity index is 1.74. The van der Waals surface area contributed by atoms with E-state index in [9.17, 15) is 8.78 Å². The van der Waals surface area contributed by atoms with Crippen molar-refractivity contribution in [2.24, 2.45) is 0 Å². The van der Waals surface area contributed by atoms with Gasteiger partial charge in [0, 0.05) is 5.92 Å². The van der Waals surface area contributed by atoms with E-state index in [2.05, 4.69) is 19.1 Å². The molecule has 3 heteroatoms. The maximum Gasteiger partial charge on any atom is 0.144 e. The Bertz CT molecular complexity index is 659. The van der Waals surface area contributed by atoms with Gasteiger partial charge in [-0.05, 0) is 37.0 Å². The maximum atomic E-state index is 13.8. The predicted octanol–water partition coefficient (Wildman–Crippen LogP) is 7.34. The predicted molar refractivity (Wildman–Crippen MR) is 103 cm³/mol. The van der Waals surface area contributed by atoms with Crippen molar-refractivity contribution in [1.29, 1.82) is 5.26 Å². The van der Waals surface area contributed by atoms with Gasteiger partial charge in [0.15, 0.2) is 0 Å². The molecule has 0 heterocycles. The van der Waals surface area contributed by atoms with Gasteiger partial charge in [-0.25, -0.2) is 8.78 Å². The van der Waals surface area contributed by atoms with Crippen LogP contribution in [0, 0.1) is 23.0 Å². The largest absolute Gasteiger partial charge is 0.205 e. The minimum absolute atomic E-state index is 0.0194. The maximum absolute atomic E-state index is 13.8. The van der Waals surface area contributed by atoms with Gasteiger partial charge in [0.25, 0.3) is 0 Å². The van der Waals surface area contributed by atoms with Gasteiger partial charge in [-0.3, -0.25) is 0 Å². The monoisotopic (exact) mass is 357 g/mol. The summed E-state index contributed by atoms with van der Waals surface area (Å²) in [5, 5.41) is 8.76. The van der Waals surface area contributed by atoms with Gasteiger partial charge in [-0.15, -0.1) is 0 Å². The third-order valence-electron chi connectivity index (χ3n) is 5.10. The van der Waals surface area contributed by atoms with Crippen molar-refractivity contribution >= 4 is 0 Å². The molecule has 1 aliphatic carbocycles. The fourth-order valence-corrected chi connectivity index (χ4v) is 3.47. The zero-order valence-electron chi connectivity index (χ0n) is 15.7. The number of nitrogens with zero attached hydrogens (tertiary/aromatic N) is 1. The molecule has 26 heavy (non-hydrogen) atoms. The van der Waals surface area contributed by atoms with Crippen LogP contribution in [0.25, 0.3) is 0 Å². The second-order valence-electron chi connectivity index (χ2n) is 7.18. The molecule has 0 fully saturated rings. The van der Waals surface area contributed by atoms with E-state index in [0.717, 1.165) is 12.8 Å². The quantitative estimate of drug-likeness (QED) is 0.402. The van der Waals surface area contributed by atoms with Gasteiger partial charge in [0.2, 0.25) is 0 Å². The zero-order valence-corrected chi connectivity index (χ0v) is 15.7. The van der Waals surface area contributed by atoms with Gasteiger partial charge in [-0.2, -0.15) is 5.26 Å². The Morgan fingerprint density at radius 3 is 2.15 bits per heavy atom. The second kappa shape index (κ2) is 10.9. The van der Waals surface area contributed by atoms with Gasteiger partial charge in [0.1, 0.15) is 23.3 Å². The van der Waals surface area contributed by atoms with Crippen LogP contribution in [0.3, 0.4) is 0 Å². The highest BCUT2D eigenvalue weighted by molar-refractivity contribution is 5.39. The molecule has 140 valence electrons. The Kier molecular flexibility index (Phi) is 8.54. The van der Waals surface area contributed by atoms with Crippen molar-refractivity contribution in [3.8, 4) is 6.07 Å². The Hall–Kier alpha value is -1.95. The fraction of sp³-hybridized carbons (Fsp3) is 0.522. The van der Waals surface area contributed by atoms with Gasteiger partial charge >= 0.3 is 0 Å². The smallest absolute Gasteiger partial charge is 0.144 e. The Morgan fingerprint density at radius 2 is 1.62 bits per heavy atom. The molecule has 0 saturated heterocycles. The molecule has 0 spiro atoms. The van der Waals surface area contributed by atoms with E-state index in [1.165, 1.54) is 69.1 Å². The van der Waals surface area contributed by atoms with Crippen LogP contribution in [0.1, 0.15) is 88.2 Å². The SMILES string of the molecule is CCCCCCCCCCC1=CCC(c2cc(F)c(C#N)c(F)c2)C=C1. The average molecular weight is 357 g/mol. The first-order valence-corrected chi connectivity index (χ1v) is 9.92. The van der Waals surface area contributed by atoms with Crippen molar-refractivity contribution < 1.29 is 8.78 Å². The van der Waals surface area contributed by atoms with Crippen molar-refractivity contribution in [3.63, 3.8) is 0 Å². The summed E-state index contributed by atoms with van der Waals surface area (Å²) in [5.74, 6) is -1.57. The van der Waals surface area contributed by atoms with E-state index in [4.69, 9.17) is 5.26 Å². The average Bonchev–Trinajstić information content (AvgIpc) is 2.64. The highest BCUT2D eigenvalue weighted by atomic mass is 19.1. The van der Waals surface area contributed by atoms with E-state index >= 15 is 0 Å². The molecule has 1 aromatic carbocycles. The number of hydrogen-bond donors (Lipinski definition) is 0. The lowest BCUT2D eigenvalue weighted by Gasteiger charge is -2.17. The van der Waals surface area contributed by atoms with Crippen LogP contribution in [-0.4, -0.2) is 0 Å². The van der Waals surface area contributed by atoms with E-state index in [0.29, 0.717) is 5.56 Å². The van der Waals surface area contributed by atoms with E-state index in [-0.39, 0.29) is 5.92 Å². The molecule has 0 bridgehead atoms. The summed E-state index contributed by atoms with van der Waals surface area (Å²) in [7, 11) is 0. The molecule has 1 unspecified atom stereocenters. The molecule has 1 nitrogen and oxygen atoms in total. The summed E-state index contributed by atoms with van der Waals surface area (Å²) in [6.07, 6.45) is 18.6. The lowest BCUT2D eigenvalue weighted by atomic mass is 9.88. The molecule has 1 atom stereocenters. The summed E-state index contributed by atoms with van der Waals surface area (Å²) in [4.78, 5) is 0. The standard InChI is InChI=1S/C23H29F2N/c1-2-3-4-5-6-7-8-9-10-18-11-13-19(14-12-18)20-15-22(24)21(17-26)23(25)16-20/h11-13,15-16,19H,2-10,14H2,1H3. The summed E-state index contributed by atoms with van der Waals surface area (Å²) < 4.78 is 27.6. The topological polar surface area (TPSA) is 23.8 Å². The van der Waals surface area contributed by atoms with Crippen molar-refractivity contribution in [2.75, 3.05) is 0 Å². The van der Waals surface area contributed by atoms with E-state index in [1.807, 2.05) is 6.08 Å². The first kappa shape index (κ1) is 20.4. The number of unbranched alkanes of at least 4 members (excludes halogenated alkanes) is 7. The molecular formula is C23H29F2N. The normalized spacial score (nSPS) is 16.4. The first-order chi connectivity index (χ1) is 12.7. The Labute approximate surface area is 156 Å². The third-order valence-corrected chi connectivity index (χ3v) is 5.10. The first-order valence-electron chi connectivity index (χ1n) is 9.92. The van der Waals surface area contributed by atoms with Crippen LogP contribution in [0.5, 0.6) is 0 Å². The lowest BCUT2D eigenvalue weighted by molar-refractivity contribution is 0.570. The van der Waals surface area contributed by atoms with Gasteiger partial charge in [0.05, 0.1) is 0 Å². The van der Waals surface area contributed by atoms with Gasteiger partial charge < -0.3 is 0 Å². The molecular weight excluding hydrogens is 328 g/mol. The summed E-state index contributed by atoms with van der Waals surface area (Å²) in [6, 6.07) is 4.14. The minimum atomic E-state index is -0.774. The van der Waals surface area contributed by atoms with Crippen LogP contribution < -0.4 is 0 Å². The molecule has 1 aromatic rings. The molecule has 0 saturated carbocycles. The second-order valence-corrected chi connectivity index (χ2v) is 7.18. The van der Waals surface area contributed by atoms with E-state index < -0.39 is 17.2 Å². The van der Waals surface area contributed by atoms with E-state index in [1.54, 1.807) is 6.07 Å². The third kappa shape index (κ3) is 6.09. The van der Waals surface area contributed by atoms with Crippen LogP contribution in [0.4, 0.5) is 8.78 Å². The number of hydrogen-bond acceptors (Lipinski definition) is 1. The number of nitriles is 1. The van der Waals surface area contributed by atoms with Crippen molar-refractivity contribution in [1.82, 2.24) is 0 Å². The lowest BCUT2D eigenvalue weighted by Crippen LogP contribution is -2.02. The number of benzene rings is 1. The van der Waals surface area contributed by atoms with Crippen molar-refractivity contribution in [3.05, 3.63) is 58.7 Å². The summed E-state index contributed by atoms with van der Waals surface area (Å²) in [6.45, 7) is 2.24. The number of rotatable bonds is 10. The summed E-state index contributed by atoms with van der Waals surface area (Å²) >= 11 is 0. The fourth-order valence-electron chi connectivity index (χ4n) is 3.47. The highest BCUT2D eigenvalue weighted by Crippen LogP contribution is 2.30. The summed E-state index contributed by atoms with van der Waals surface area (Å²) in [5.41, 5.74) is 1.42. The number of allylic oxidation sites excluding steroid dienone is 4. The van der Waals surface area contributed by atoms with Crippen LogP contribution >= 0.6 is 0 Å². The molecule has 2 rings (SSSR count).